The molecule has 1 saturated heterocycles. The Morgan fingerprint density at radius 3 is 2.52 bits per heavy atom. The van der Waals surface area contributed by atoms with Gasteiger partial charge in [-0.25, -0.2) is 4.79 Å². The highest BCUT2D eigenvalue weighted by atomic mass is 16.6. The summed E-state index contributed by atoms with van der Waals surface area (Å²) >= 11 is 0. The van der Waals surface area contributed by atoms with E-state index in [9.17, 15) is 9.90 Å². The van der Waals surface area contributed by atoms with Gasteiger partial charge in [0.15, 0.2) is 11.5 Å². The summed E-state index contributed by atoms with van der Waals surface area (Å²) in [7, 11) is 0. The second kappa shape index (κ2) is 5.60. The highest BCUT2D eigenvalue weighted by Crippen LogP contribution is 2.38. The van der Waals surface area contributed by atoms with Crippen molar-refractivity contribution in [3.8, 4) is 11.5 Å². The largest absolute Gasteiger partial charge is 0.490 e. The third-order valence-electron chi connectivity index (χ3n) is 3.84. The van der Waals surface area contributed by atoms with Crippen LogP contribution in [0, 0.1) is 0 Å². The van der Waals surface area contributed by atoms with Crippen molar-refractivity contribution in [2.24, 2.45) is 0 Å². The van der Waals surface area contributed by atoms with Crippen molar-refractivity contribution in [3.05, 3.63) is 23.8 Å². The average molecular weight is 321 g/mol. The minimum atomic E-state index is -1.07. The lowest BCUT2D eigenvalue weighted by atomic mass is 9.86. The number of hydrogen-bond acceptors (Lipinski definition) is 5. The van der Waals surface area contributed by atoms with Crippen LogP contribution >= 0.6 is 0 Å². The van der Waals surface area contributed by atoms with Gasteiger partial charge in [0.1, 0.15) is 11.2 Å². The van der Waals surface area contributed by atoms with Crippen LogP contribution in [0.25, 0.3) is 0 Å². The SMILES string of the molecule is CC(C)(C)OC(=O)N1CC(O)(c2ccc3c(c2)OCCCO3)C1. The number of likely N-dealkylation sites (tertiary alicyclic amines) is 1. The molecule has 0 radical (unpaired) electrons. The summed E-state index contributed by atoms with van der Waals surface area (Å²) in [5.74, 6) is 1.34. The van der Waals surface area contributed by atoms with E-state index in [1.54, 1.807) is 6.07 Å². The van der Waals surface area contributed by atoms with Gasteiger partial charge in [-0.15, -0.1) is 0 Å². The number of nitrogens with zero attached hydrogens (tertiary/aromatic N) is 1. The van der Waals surface area contributed by atoms with Gasteiger partial charge in [-0.1, -0.05) is 6.07 Å². The fourth-order valence-corrected chi connectivity index (χ4v) is 2.68. The zero-order valence-electron chi connectivity index (χ0n) is 13.8. The second-order valence-corrected chi connectivity index (χ2v) is 7.08. The molecule has 1 aromatic rings. The molecule has 0 aromatic heterocycles. The van der Waals surface area contributed by atoms with Crippen molar-refractivity contribution in [2.45, 2.75) is 38.4 Å². The zero-order chi connectivity index (χ0) is 16.7. The number of amides is 1. The monoisotopic (exact) mass is 321 g/mol. The fourth-order valence-electron chi connectivity index (χ4n) is 2.68. The molecule has 0 bridgehead atoms. The van der Waals surface area contributed by atoms with Gasteiger partial charge in [0.05, 0.1) is 26.3 Å². The van der Waals surface area contributed by atoms with Crippen LogP contribution in [0.5, 0.6) is 11.5 Å². The van der Waals surface area contributed by atoms with Gasteiger partial charge in [0, 0.05) is 6.42 Å². The molecule has 0 spiro atoms. The number of hydrogen-bond donors (Lipinski definition) is 1. The van der Waals surface area contributed by atoms with E-state index in [-0.39, 0.29) is 13.1 Å². The van der Waals surface area contributed by atoms with E-state index in [4.69, 9.17) is 14.2 Å². The minimum Gasteiger partial charge on any atom is -0.490 e. The van der Waals surface area contributed by atoms with Crippen molar-refractivity contribution >= 4 is 6.09 Å². The molecular formula is C17H23NO5. The first-order valence-electron chi connectivity index (χ1n) is 7.87. The molecule has 0 saturated carbocycles. The van der Waals surface area contributed by atoms with E-state index >= 15 is 0 Å². The molecule has 1 N–H and O–H groups in total. The topological polar surface area (TPSA) is 68.2 Å². The lowest BCUT2D eigenvalue weighted by molar-refractivity contribution is -0.103. The molecule has 0 atom stereocenters. The molecule has 0 unspecified atom stereocenters. The average Bonchev–Trinajstić information content (AvgIpc) is 2.66. The Balaban J connectivity index is 1.69. The molecule has 2 aliphatic heterocycles. The number of ether oxygens (including phenoxy) is 3. The maximum Gasteiger partial charge on any atom is 0.410 e. The summed E-state index contributed by atoms with van der Waals surface area (Å²) in [4.78, 5) is 13.5. The first-order chi connectivity index (χ1) is 10.8. The van der Waals surface area contributed by atoms with E-state index in [0.717, 1.165) is 12.0 Å². The Morgan fingerprint density at radius 2 is 1.87 bits per heavy atom. The van der Waals surface area contributed by atoms with Gasteiger partial charge in [0.25, 0.3) is 0 Å². The van der Waals surface area contributed by atoms with Crippen molar-refractivity contribution in [1.82, 2.24) is 4.90 Å². The quantitative estimate of drug-likeness (QED) is 0.859. The summed E-state index contributed by atoms with van der Waals surface area (Å²) in [6.07, 6.45) is 0.428. The molecular weight excluding hydrogens is 298 g/mol. The second-order valence-electron chi connectivity index (χ2n) is 7.08. The van der Waals surface area contributed by atoms with Gasteiger partial charge in [-0.05, 0) is 38.5 Å². The van der Waals surface area contributed by atoms with Crippen LogP contribution in [0.1, 0.15) is 32.8 Å². The van der Waals surface area contributed by atoms with E-state index in [1.165, 1.54) is 4.90 Å². The van der Waals surface area contributed by atoms with Crippen LogP contribution in [0.4, 0.5) is 4.79 Å². The van der Waals surface area contributed by atoms with Crippen LogP contribution in [0.15, 0.2) is 18.2 Å². The maximum absolute atomic E-state index is 12.0. The Morgan fingerprint density at radius 1 is 1.22 bits per heavy atom. The molecule has 1 amide bonds. The Bertz CT molecular complexity index is 601. The lowest BCUT2D eigenvalue weighted by Gasteiger charge is -2.46. The van der Waals surface area contributed by atoms with Gasteiger partial charge in [-0.2, -0.15) is 0 Å². The van der Waals surface area contributed by atoms with E-state index < -0.39 is 17.3 Å². The zero-order valence-corrected chi connectivity index (χ0v) is 13.8. The number of carbonyl (C=O) groups excluding carboxylic acids is 1. The van der Waals surface area contributed by atoms with E-state index in [1.807, 2.05) is 32.9 Å². The molecule has 6 heteroatoms. The molecule has 126 valence electrons. The van der Waals surface area contributed by atoms with Crippen molar-refractivity contribution in [3.63, 3.8) is 0 Å². The van der Waals surface area contributed by atoms with Crippen molar-refractivity contribution in [2.75, 3.05) is 26.3 Å². The molecule has 0 aliphatic carbocycles. The van der Waals surface area contributed by atoms with Crippen molar-refractivity contribution in [1.29, 1.82) is 0 Å². The number of fused-ring (bicyclic) bond motifs is 1. The Kier molecular flexibility index (Phi) is 3.88. The molecule has 1 fully saturated rings. The molecule has 23 heavy (non-hydrogen) atoms. The summed E-state index contributed by atoms with van der Waals surface area (Å²) < 4.78 is 16.6. The predicted octanol–water partition coefficient (Wildman–Crippen LogP) is 2.29. The molecule has 2 aliphatic rings. The van der Waals surface area contributed by atoms with Gasteiger partial charge >= 0.3 is 6.09 Å². The standard InChI is InChI=1S/C17H23NO5/c1-16(2,3)23-15(19)18-10-17(20,11-18)12-5-6-13-14(9-12)22-8-4-7-21-13/h5-6,9,20H,4,7-8,10-11H2,1-3H3. The van der Waals surface area contributed by atoms with Crippen LogP contribution in [-0.4, -0.2) is 48.0 Å². The number of carbonyl (C=O) groups is 1. The summed E-state index contributed by atoms with van der Waals surface area (Å²) in [6.45, 7) is 7.10. The molecule has 6 nitrogen and oxygen atoms in total. The van der Waals surface area contributed by atoms with Crippen LogP contribution in [0.2, 0.25) is 0 Å². The molecule has 2 heterocycles. The third kappa shape index (κ3) is 3.37. The Labute approximate surface area is 135 Å². The maximum atomic E-state index is 12.0. The normalized spacial score (nSPS) is 19.6. The highest BCUT2D eigenvalue weighted by molar-refractivity contribution is 5.70. The lowest BCUT2D eigenvalue weighted by Crippen LogP contribution is -2.61. The summed E-state index contributed by atoms with van der Waals surface area (Å²) in [6, 6.07) is 5.43. The fraction of sp³-hybridized carbons (Fsp3) is 0.588. The summed E-state index contributed by atoms with van der Waals surface area (Å²) in [5, 5.41) is 10.7. The van der Waals surface area contributed by atoms with Crippen LogP contribution in [-0.2, 0) is 10.3 Å². The van der Waals surface area contributed by atoms with Crippen LogP contribution < -0.4 is 9.47 Å². The number of benzene rings is 1. The molecule has 1 aromatic carbocycles. The smallest absolute Gasteiger partial charge is 0.410 e. The first-order valence-corrected chi connectivity index (χ1v) is 7.87. The number of rotatable bonds is 1. The summed E-state index contributed by atoms with van der Waals surface area (Å²) in [5.41, 5.74) is -0.886. The first kappa shape index (κ1) is 15.9. The van der Waals surface area contributed by atoms with Crippen molar-refractivity contribution < 1.29 is 24.1 Å². The highest BCUT2D eigenvalue weighted by Gasteiger charge is 2.46. The van der Waals surface area contributed by atoms with Gasteiger partial charge in [-0.3, -0.25) is 0 Å². The minimum absolute atomic E-state index is 0.210. The number of aliphatic hydroxyl groups is 1. The number of β-amino-alcohol motifs (C(OH)–C–C–N with tert-alkyl or cyclic N) is 1. The van der Waals surface area contributed by atoms with Gasteiger partial charge in [0.2, 0.25) is 0 Å². The predicted molar refractivity (Wildman–Crippen MR) is 83.8 cm³/mol. The third-order valence-corrected chi connectivity index (χ3v) is 3.84. The molecule has 3 rings (SSSR count). The Hall–Kier alpha value is -1.95. The van der Waals surface area contributed by atoms with E-state index in [0.29, 0.717) is 24.7 Å². The van der Waals surface area contributed by atoms with E-state index in [2.05, 4.69) is 0 Å². The van der Waals surface area contributed by atoms with Crippen LogP contribution in [0.3, 0.4) is 0 Å². The van der Waals surface area contributed by atoms with Gasteiger partial charge < -0.3 is 24.2 Å².